The second-order valence-electron chi connectivity index (χ2n) is 16.0. The number of urea groups is 2. The van der Waals surface area contributed by atoms with E-state index in [9.17, 15) is 31.9 Å². The van der Waals surface area contributed by atoms with Gasteiger partial charge in [0.2, 0.25) is 0 Å². The van der Waals surface area contributed by atoms with Crippen molar-refractivity contribution >= 4 is 29.4 Å². The van der Waals surface area contributed by atoms with E-state index in [1.54, 1.807) is 31.2 Å². The molecule has 0 saturated heterocycles. The number of carbonyl (C=O) groups excluding carboxylic acids is 3. The Hall–Kier alpha value is -6.87. The van der Waals surface area contributed by atoms with Crippen molar-refractivity contribution in [3.63, 3.8) is 0 Å². The summed E-state index contributed by atoms with van der Waals surface area (Å²) in [5.74, 6) is -2.50. The van der Waals surface area contributed by atoms with Gasteiger partial charge < -0.3 is 21.7 Å². The van der Waals surface area contributed by atoms with Crippen molar-refractivity contribution in [2.24, 2.45) is 15.9 Å². The molecule has 0 saturated carbocycles. The molecule has 2 aliphatic heterocycles. The van der Waals surface area contributed by atoms with Crippen LogP contribution in [0.15, 0.2) is 138 Å². The molecule has 2 heterocycles. The number of amides is 5. The normalized spacial score (nSPS) is 18.2. The zero-order valence-corrected chi connectivity index (χ0v) is 36.7. The van der Waals surface area contributed by atoms with E-state index < -0.39 is 40.4 Å². The van der Waals surface area contributed by atoms with E-state index in [-0.39, 0.29) is 47.7 Å². The Bertz CT molecular complexity index is 2490. The average molecular weight is 891 g/mol. The molecule has 0 spiro atoms. The Morgan fingerprint density at radius 1 is 0.631 bits per heavy atom. The van der Waals surface area contributed by atoms with Gasteiger partial charge in [0, 0.05) is 55.2 Å². The number of benzene rings is 5. The quantitative estimate of drug-likeness (QED) is 0.0651. The van der Waals surface area contributed by atoms with Gasteiger partial charge in [0.1, 0.15) is 23.3 Å². The topological polar surface area (TPSA) is 145 Å². The molecule has 3 unspecified atom stereocenters. The monoisotopic (exact) mass is 890 g/mol. The predicted molar refractivity (Wildman–Crippen MR) is 244 cm³/mol. The van der Waals surface area contributed by atoms with E-state index in [0.29, 0.717) is 56.6 Å². The van der Waals surface area contributed by atoms with Crippen LogP contribution >= 0.6 is 0 Å². The molecule has 0 bridgehead atoms. The Kier molecular flexibility index (Phi) is 15.9. The maximum Gasteiger partial charge on any atom is 0.338 e. The summed E-state index contributed by atoms with van der Waals surface area (Å²) in [6.45, 7) is 6.69. The molecular formula is C50H54F4N8O3. The van der Waals surface area contributed by atoms with Crippen molar-refractivity contribution in [3.05, 3.63) is 178 Å². The van der Waals surface area contributed by atoms with Crippen molar-refractivity contribution in [1.29, 1.82) is 0 Å². The molecule has 5 amide bonds. The molecule has 3 atom stereocenters. The Morgan fingerprint density at radius 3 is 1.49 bits per heavy atom. The van der Waals surface area contributed by atoms with Crippen molar-refractivity contribution in [2.45, 2.75) is 76.4 Å². The summed E-state index contributed by atoms with van der Waals surface area (Å²) in [7, 11) is 0. The van der Waals surface area contributed by atoms with Crippen LogP contribution in [0.1, 0.15) is 91.9 Å². The number of halogens is 4. The highest BCUT2D eigenvalue weighted by Gasteiger charge is 2.49. The standard InChI is InChI=1S/C28H28F2N4O2.C22H26F2N4O/c1-2-31-27(36)34-28(21-12-7-4-8-13-21,16-9-17-32-26(35)20-10-5-3-6-11-20)19-25(33-34)23-18-22(29)14-15-24(23)30;1-3-26-21(29)28-22(12-11-15(2)25,16-7-5-4-6-8-16)14-20(27-28)18-13-17(23)9-10-19(18)24/h3-8,10-15,18H,2,9,16-17,19H2,1H3,(H,31,36)(H,32,35);4-10,13,15H,3,11-12,14,25H2,1-2H3,(H,26,29). The smallest absolute Gasteiger partial charge is 0.338 e. The van der Waals surface area contributed by atoms with Crippen LogP contribution in [0.25, 0.3) is 0 Å². The highest BCUT2D eigenvalue weighted by atomic mass is 19.1. The van der Waals surface area contributed by atoms with Gasteiger partial charge in [0.15, 0.2) is 0 Å². The second-order valence-corrected chi connectivity index (χ2v) is 16.0. The van der Waals surface area contributed by atoms with Crippen molar-refractivity contribution in [1.82, 2.24) is 26.0 Å². The number of hydrogen-bond acceptors (Lipinski definition) is 6. The van der Waals surface area contributed by atoms with E-state index in [4.69, 9.17) is 5.73 Å². The SMILES string of the molecule is CCNC(=O)N1N=C(c2cc(F)ccc2F)CC1(CCC(C)N)c1ccccc1.CCNC(=O)N1N=C(c2cc(F)ccc2F)CC1(CCCNC(=O)c1ccccc1)c1ccccc1. The summed E-state index contributed by atoms with van der Waals surface area (Å²) < 4.78 is 57.0. The van der Waals surface area contributed by atoms with Gasteiger partial charge in [-0.15, -0.1) is 0 Å². The molecule has 65 heavy (non-hydrogen) atoms. The molecule has 11 nitrogen and oxygen atoms in total. The molecular weight excluding hydrogens is 837 g/mol. The first-order valence-corrected chi connectivity index (χ1v) is 21.7. The van der Waals surface area contributed by atoms with Crippen molar-refractivity contribution in [2.75, 3.05) is 19.6 Å². The largest absolute Gasteiger partial charge is 0.352 e. The summed E-state index contributed by atoms with van der Waals surface area (Å²) in [4.78, 5) is 38.5. The van der Waals surface area contributed by atoms with Gasteiger partial charge in [0.25, 0.3) is 5.91 Å². The van der Waals surface area contributed by atoms with E-state index in [2.05, 4.69) is 26.2 Å². The van der Waals surface area contributed by atoms with E-state index >= 15 is 0 Å². The van der Waals surface area contributed by atoms with E-state index in [0.717, 1.165) is 47.5 Å². The van der Waals surface area contributed by atoms with Gasteiger partial charge in [-0.3, -0.25) is 4.79 Å². The first-order chi connectivity index (χ1) is 31.3. The molecule has 5 aromatic rings. The summed E-state index contributed by atoms with van der Waals surface area (Å²) in [5, 5.41) is 20.2. The number of nitrogens with zero attached hydrogens (tertiary/aromatic N) is 4. The van der Waals surface area contributed by atoms with Crippen LogP contribution in [-0.4, -0.2) is 65.1 Å². The lowest BCUT2D eigenvalue weighted by Gasteiger charge is -2.37. The first kappa shape index (κ1) is 47.6. The lowest BCUT2D eigenvalue weighted by Crippen LogP contribution is -2.48. The van der Waals surface area contributed by atoms with Crippen molar-refractivity contribution < 1.29 is 31.9 Å². The van der Waals surface area contributed by atoms with Gasteiger partial charge in [-0.05, 0) is 106 Å². The number of hydrogen-bond donors (Lipinski definition) is 4. The minimum atomic E-state index is -0.938. The third kappa shape index (κ3) is 11.1. The highest BCUT2D eigenvalue weighted by molar-refractivity contribution is 6.04. The maximum atomic E-state index is 14.7. The fourth-order valence-corrected chi connectivity index (χ4v) is 8.24. The molecule has 15 heteroatoms. The molecule has 0 aliphatic carbocycles. The van der Waals surface area contributed by atoms with E-state index in [1.807, 2.05) is 80.6 Å². The lowest BCUT2D eigenvalue weighted by molar-refractivity contribution is 0.0943. The van der Waals surface area contributed by atoms with Crippen LogP contribution in [0, 0.1) is 23.3 Å². The zero-order chi connectivity index (χ0) is 46.6. The third-order valence-electron chi connectivity index (χ3n) is 11.4. The highest BCUT2D eigenvalue weighted by Crippen LogP contribution is 2.45. The Labute approximate surface area is 376 Å². The zero-order valence-electron chi connectivity index (χ0n) is 36.7. The van der Waals surface area contributed by atoms with Crippen LogP contribution in [0.5, 0.6) is 0 Å². The summed E-state index contributed by atoms with van der Waals surface area (Å²) in [6.07, 6.45) is 2.60. The predicted octanol–water partition coefficient (Wildman–Crippen LogP) is 9.34. The van der Waals surface area contributed by atoms with Crippen LogP contribution in [-0.2, 0) is 11.1 Å². The Balaban J connectivity index is 0.000000221. The fourth-order valence-electron chi connectivity index (χ4n) is 8.24. The number of nitrogens with two attached hydrogens (primary N) is 1. The van der Waals surface area contributed by atoms with Gasteiger partial charge >= 0.3 is 12.1 Å². The third-order valence-corrected chi connectivity index (χ3v) is 11.4. The molecule has 340 valence electrons. The van der Waals surface area contributed by atoms with Gasteiger partial charge in [-0.25, -0.2) is 37.2 Å². The first-order valence-electron chi connectivity index (χ1n) is 21.7. The van der Waals surface area contributed by atoms with Crippen LogP contribution in [0.3, 0.4) is 0 Å². The van der Waals surface area contributed by atoms with Crippen LogP contribution in [0.4, 0.5) is 27.2 Å². The fraction of sp³-hybridized carbons (Fsp3) is 0.300. The molecule has 2 aliphatic rings. The summed E-state index contributed by atoms with van der Waals surface area (Å²) in [5.41, 5.74) is 7.22. The number of nitrogens with one attached hydrogen (secondary N) is 3. The number of hydrazone groups is 2. The molecule has 0 aromatic heterocycles. The number of carbonyl (C=O) groups is 3. The maximum absolute atomic E-state index is 14.7. The minimum absolute atomic E-state index is 0.0273. The lowest BCUT2D eigenvalue weighted by atomic mass is 9.79. The van der Waals surface area contributed by atoms with Crippen molar-refractivity contribution in [3.8, 4) is 0 Å². The van der Waals surface area contributed by atoms with Gasteiger partial charge in [0.05, 0.1) is 22.5 Å². The molecule has 5 aromatic carbocycles. The van der Waals surface area contributed by atoms with Gasteiger partial charge in [-0.1, -0.05) is 78.9 Å². The summed E-state index contributed by atoms with van der Waals surface area (Å²) >= 11 is 0. The van der Waals surface area contributed by atoms with Crippen LogP contribution in [0.2, 0.25) is 0 Å². The average Bonchev–Trinajstić information content (AvgIpc) is 3.91. The summed E-state index contributed by atoms with van der Waals surface area (Å²) in [6, 6.07) is 33.4. The minimum Gasteiger partial charge on any atom is -0.352 e. The van der Waals surface area contributed by atoms with E-state index in [1.165, 1.54) is 10.0 Å². The molecule has 0 radical (unpaired) electrons. The van der Waals surface area contributed by atoms with Crippen LogP contribution < -0.4 is 21.7 Å². The molecule has 5 N–H and O–H groups in total. The number of rotatable bonds is 14. The Morgan fingerprint density at radius 2 is 1.06 bits per heavy atom. The second kappa shape index (κ2) is 21.7. The molecule has 0 fully saturated rings. The molecule has 7 rings (SSSR count). The van der Waals surface area contributed by atoms with Gasteiger partial charge in [-0.2, -0.15) is 10.2 Å².